The van der Waals surface area contributed by atoms with Crippen LogP contribution in [0, 0.1) is 0 Å². The molecule has 1 nitrogen and oxygen atoms in total. The van der Waals surface area contributed by atoms with Gasteiger partial charge in [0.2, 0.25) is 0 Å². The van der Waals surface area contributed by atoms with E-state index in [-0.39, 0.29) is 0 Å². The molecule has 0 saturated heterocycles. The summed E-state index contributed by atoms with van der Waals surface area (Å²) >= 11 is 1.72. The Morgan fingerprint density at radius 2 is 2.31 bits per heavy atom. The van der Waals surface area contributed by atoms with Crippen LogP contribution >= 0.6 is 11.3 Å². The molecule has 2 rings (SSSR count). The van der Waals surface area contributed by atoms with Crippen LogP contribution in [0.5, 0.6) is 0 Å². The predicted octanol–water partition coefficient (Wildman–Crippen LogP) is 3.81. The van der Waals surface area contributed by atoms with Gasteiger partial charge >= 0.3 is 0 Å². The second-order valence-corrected chi connectivity index (χ2v) is 4.28. The maximum Gasteiger partial charge on any atom is 0.0812 e. The summed E-state index contributed by atoms with van der Waals surface area (Å²) in [7, 11) is 0. The molecule has 0 aliphatic carbocycles. The summed E-state index contributed by atoms with van der Waals surface area (Å²) in [6.45, 7) is 4.49. The maximum atomic E-state index is 4.26. The Morgan fingerprint density at radius 1 is 1.46 bits per heavy atom. The first-order valence-corrected chi connectivity index (χ1v) is 5.52. The molecular formula is C11H13NS. The number of nitrogens with zero attached hydrogens (tertiary/aromatic N) is 1. The van der Waals surface area contributed by atoms with Crippen LogP contribution in [0.2, 0.25) is 0 Å². The molecule has 1 heterocycles. The third kappa shape index (κ3) is 1.59. The second kappa shape index (κ2) is 3.46. The van der Waals surface area contributed by atoms with E-state index in [1.54, 1.807) is 11.3 Å². The van der Waals surface area contributed by atoms with E-state index in [1.165, 1.54) is 16.7 Å². The van der Waals surface area contributed by atoms with Crippen LogP contribution in [0.15, 0.2) is 23.7 Å². The third-order valence-corrected chi connectivity index (χ3v) is 3.33. The van der Waals surface area contributed by atoms with E-state index in [1.807, 2.05) is 5.51 Å². The van der Waals surface area contributed by atoms with Gasteiger partial charge in [-0.05, 0) is 30.0 Å². The van der Waals surface area contributed by atoms with E-state index in [0.717, 1.165) is 5.52 Å². The van der Waals surface area contributed by atoms with E-state index in [9.17, 15) is 0 Å². The van der Waals surface area contributed by atoms with Crippen molar-refractivity contribution in [3.63, 3.8) is 0 Å². The van der Waals surface area contributed by atoms with Crippen molar-refractivity contribution in [2.24, 2.45) is 0 Å². The number of aromatic nitrogens is 1. The average Bonchev–Trinajstić information content (AvgIpc) is 2.63. The van der Waals surface area contributed by atoms with E-state index in [4.69, 9.17) is 0 Å². The Kier molecular flexibility index (Phi) is 2.32. The first-order valence-electron chi connectivity index (χ1n) is 4.64. The number of hydrogen-bond donors (Lipinski definition) is 0. The molecule has 1 aromatic heterocycles. The van der Waals surface area contributed by atoms with Crippen molar-refractivity contribution >= 4 is 21.6 Å². The SMILES string of the molecule is CCC(C)c1ccc2ncsc2c1. The number of fused-ring (bicyclic) bond motifs is 1. The monoisotopic (exact) mass is 191 g/mol. The van der Waals surface area contributed by atoms with Crippen molar-refractivity contribution in [3.8, 4) is 0 Å². The first kappa shape index (κ1) is 8.70. The number of hydrogen-bond acceptors (Lipinski definition) is 2. The van der Waals surface area contributed by atoms with Crippen molar-refractivity contribution in [1.82, 2.24) is 4.98 Å². The van der Waals surface area contributed by atoms with Crippen LogP contribution in [-0.4, -0.2) is 4.98 Å². The fourth-order valence-electron chi connectivity index (χ4n) is 1.41. The normalized spacial score (nSPS) is 13.4. The minimum Gasteiger partial charge on any atom is -0.245 e. The maximum absolute atomic E-state index is 4.26. The fourth-order valence-corrected chi connectivity index (χ4v) is 2.14. The summed E-state index contributed by atoms with van der Waals surface area (Å²) < 4.78 is 1.30. The van der Waals surface area contributed by atoms with Gasteiger partial charge in [0.25, 0.3) is 0 Å². The van der Waals surface area contributed by atoms with Crippen LogP contribution in [0.4, 0.5) is 0 Å². The molecule has 68 valence electrons. The van der Waals surface area contributed by atoms with Gasteiger partial charge in [-0.1, -0.05) is 19.9 Å². The molecule has 2 aromatic rings. The average molecular weight is 191 g/mol. The zero-order chi connectivity index (χ0) is 9.26. The molecule has 0 N–H and O–H groups in total. The standard InChI is InChI=1S/C11H13NS/c1-3-8(2)9-4-5-10-11(6-9)13-7-12-10/h4-8H,3H2,1-2H3. The Bertz CT molecular complexity index is 405. The fraction of sp³-hybridized carbons (Fsp3) is 0.364. The topological polar surface area (TPSA) is 12.9 Å². The van der Waals surface area contributed by atoms with Crippen LogP contribution < -0.4 is 0 Å². The van der Waals surface area contributed by atoms with Gasteiger partial charge in [-0.2, -0.15) is 0 Å². The van der Waals surface area contributed by atoms with Gasteiger partial charge in [0.1, 0.15) is 0 Å². The summed E-state index contributed by atoms with van der Waals surface area (Å²) in [6.07, 6.45) is 1.20. The quantitative estimate of drug-likeness (QED) is 0.703. The number of rotatable bonds is 2. The molecule has 0 saturated carbocycles. The molecule has 13 heavy (non-hydrogen) atoms. The minimum absolute atomic E-state index is 0.659. The van der Waals surface area contributed by atoms with Gasteiger partial charge in [0.15, 0.2) is 0 Å². The Labute approximate surface area is 82.4 Å². The number of thiazole rings is 1. The molecule has 1 aromatic carbocycles. The van der Waals surface area contributed by atoms with Crippen molar-refractivity contribution in [2.75, 3.05) is 0 Å². The molecule has 0 aliphatic heterocycles. The highest BCUT2D eigenvalue weighted by Gasteiger charge is 2.04. The van der Waals surface area contributed by atoms with Crippen LogP contribution in [0.25, 0.3) is 10.2 Å². The van der Waals surface area contributed by atoms with Crippen LogP contribution in [0.1, 0.15) is 31.7 Å². The van der Waals surface area contributed by atoms with E-state index < -0.39 is 0 Å². The molecule has 0 bridgehead atoms. The van der Waals surface area contributed by atoms with E-state index in [2.05, 4.69) is 37.0 Å². The Balaban J connectivity index is 2.48. The lowest BCUT2D eigenvalue weighted by Gasteiger charge is -2.07. The first-order chi connectivity index (χ1) is 6.31. The lowest BCUT2D eigenvalue weighted by Crippen LogP contribution is -1.89. The molecular weight excluding hydrogens is 178 g/mol. The third-order valence-electron chi connectivity index (χ3n) is 2.54. The summed E-state index contributed by atoms with van der Waals surface area (Å²) in [5.41, 5.74) is 4.46. The highest BCUT2D eigenvalue weighted by molar-refractivity contribution is 7.16. The smallest absolute Gasteiger partial charge is 0.0812 e. The summed E-state index contributed by atoms with van der Waals surface area (Å²) in [6, 6.07) is 6.57. The van der Waals surface area contributed by atoms with Crippen molar-refractivity contribution in [2.45, 2.75) is 26.2 Å². The molecule has 0 aliphatic rings. The predicted molar refractivity (Wildman–Crippen MR) is 58.3 cm³/mol. The summed E-state index contributed by atoms with van der Waals surface area (Å²) in [5.74, 6) is 0.659. The zero-order valence-electron chi connectivity index (χ0n) is 7.95. The minimum atomic E-state index is 0.659. The van der Waals surface area contributed by atoms with Crippen LogP contribution in [0.3, 0.4) is 0 Å². The summed E-state index contributed by atoms with van der Waals surface area (Å²) in [4.78, 5) is 4.26. The van der Waals surface area contributed by atoms with Gasteiger partial charge in [0, 0.05) is 0 Å². The van der Waals surface area contributed by atoms with Crippen molar-refractivity contribution < 1.29 is 0 Å². The lowest BCUT2D eigenvalue weighted by molar-refractivity contribution is 0.735. The van der Waals surface area contributed by atoms with Crippen molar-refractivity contribution in [3.05, 3.63) is 29.3 Å². The lowest BCUT2D eigenvalue weighted by atomic mass is 9.99. The van der Waals surface area contributed by atoms with Gasteiger partial charge in [-0.15, -0.1) is 11.3 Å². The van der Waals surface area contributed by atoms with E-state index >= 15 is 0 Å². The van der Waals surface area contributed by atoms with Gasteiger partial charge in [0.05, 0.1) is 15.7 Å². The molecule has 0 amide bonds. The van der Waals surface area contributed by atoms with Gasteiger partial charge < -0.3 is 0 Å². The molecule has 1 unspecified atom stereocenters. The van der Waals surface area contributed by atoms with E-state index in [0.29, 0.717) is 5.92 Å². The Hall–Kier alpha value is -0.890. The van der Waals surface area contributed by atoms with Gasteiger partial charge in [-0.25, -0.2) is 4.98 Å². The molecule has 1 atom stereocenters. The molecule has 0 fully saturated rings. The molecule has 0 spiro atoms. The second-order valence-electron chi connectivity index (χ2n) is 3.39. The van der Waals surface area contributed by atoms with Crippen molar-refractivity contribution in [1.29, 1.82) is 0 Å². The molecule has 2 heteroatoms. The van der Waals surface area contributed by atoms with Gasteiger partial charge in [-0.3, -0.25) is 0 Å². The number of benzene rings is 1. The zero-order valence-corrected chi connectivity index (χ0v) is 8.77. The Morgan fingerprint density at radius 3 is 3.08 bits per heavy atom. The van der Waals surface area contributed by atoms with Crippen LogP contribution in [-0.2, 0) is 0 Å². The highest BCUT2D eigenvalue weighted by atomic mass is 32.1. The largest absolute Gasteiger partial charge is 0.245 e. The molecule has 0 radical (unpaired) electrons. The highest BCUT2D eigenvalue weighted by Crippen LogP contribution is 2.25. The summed E-state index contributed by atoms with van der Waals surface area (Å²) in [5, 5.41) is 0.